The molecule has 1 fully saturated rings. The fourth-order valence-corrected chi connectivity index (χ4v) is 2.55. The van der Waals surface area contributed by atoms with Gasteiger partial charge in [0.15, 0.2) is 5.16 Å². The predicted molar refractivity (Wildman–Crippen MR) is 82.4 cm³/mol. The molecule has 1 N–H and O–H groups in total. The molecule has 1 aliphatic rings. The Labute approximate surface area is 124 Å². The number of likely N-dealkylation sites (N-methyl/N-ethyl adjacent to an activating group) is 1. The SMILES string of the molecule is CNc1cc(N(C)CC(=O)N2CCCC2)nc(SC)n1. The maximum absolute atomic E-state index is 12.2. The van der Waals surface area contributed by atoms with Gasteiger partial charge in [-0.1, -0.05) is 11.8 Å². The van der Waals surface area contributed by atoms with E-state index >= 15 is 0 Å². The van der Waals surface area contributed by atoms with Crippen LogP contribution in [0.4, 0.5) is 11.6 Å². The van der Waals surface area contributed by atoms with Crippen molar-refractivity contribution < 1.29 is 4.79 Å². The number of rotatable bonds is 5. The molecule has 1 aromatic rings. The van der Waals surface area contributed by atoms with Gasteiger partial charge in [0.05, 0.1) is 6.54 Å². The van der Waals surface area contributed by atoms with Crippen LogP contribution in [0.25, 0.3) is 0 Å². The molecule has 0 bridgehead atoms. The standard InChI is InChI=1S/C13H21N5OS/c1-14-10-8-11(16-13(15-10)20-3)17(2)9-12(19)18-6-4-5-7-18/h8H,4-7,9H2,1-3H3,(H,14,15,16). The zero-order valence-corrected chi connectivity index (χ0v) is 13.0. The van der Waals surface area contributed by atoms with E-state index in [2.05, 4.69) is 15.3 Å². The Balaban J connectivity index is 2.07. The Bertz CT molecular complexity index is 454. The number of nitrogens with one attached hydrogen (secondary N) is 1. The van der Waals surface area contributed by atoms with Crippen molar-refractivity contribution in [2.45, 2.75) is 18.0 Å². The van der Waals surface area contributed by atoms with Crippen LogP contribution in [-0.4, -0.2) is 60.8 Å². The maximum Gasteiger partial charge on any atom is 0.242 e. The van der Waals surface area contributed by atoms with Gasteiger partial charge in [0.1, 0.15) is 11.6 Å². The third kappa shape index (κ3) is 3.53. The van der Waals surface area contributed by atoms with Gasteiger partial charge in [-0.25, -0.2) is 9.97 Å². The fraction of sp³-hybridized carbons (Fsp3) is 0.615. The van der Waals surface area contributed by atoms with Crippen molar-refractivity contribution in [1.82, 2.24) is 14.9 Å². The Morgan fingerprint density at radius 3 is 2.75 bits per heavy atom. The maximum atomic E-state index is 12.2. The molecule has 0 aliphatic carbocycles. The highest BCUT2D eigenvalue weighted by atomic mass is 32.2. The van der Waals surface area contributed by atoms with Crippen LogP contribution in [0.1, 0.15) is 12.8 Å². The highest BCUT2D eigenvalue weighted by Crippen LogP contribution is 2.19. The largest absolute Gasteiger partial charge is 0.373 e. The number of amides is 1. The molecule has 0 aromatic carbocycles. The van der Waals surface area contributed by atoms with Gasteiger partial charge in [0.25, 0.3) is 0 Å². The summed E-state index contributed by atoms with van der Waals surface area (Å²) in [6.07, 6.45) is 4.17. The summed E-state index contributed by atoms with van der Waals surface area (Å²) in [6, 6.07) is 1.86. The van der Waals surface area contributed by atoms with Gasteiger partial charge < -0.3 is 15.1 Å². The number of likely N-dealkylation sites (tertiary alicyclic amines) is 1. The van der Waals surface area contributed by atoms with Gasteiger partial charge in [-0.15, -0.1) is 0 Å². The van der Waals surface area contributed by atoms with E-state index < -0.39 is 0 Å². The molecule has 0 saturated carbocycles. The summed E-state index contributed by atoms with van der Waals surface area (Å²) in [5.41, 5.74) is 0. The summed E-state index contributed by atoms with van der Waals surface area (Å²) in [4.78, 5) is 24.7. The highest BCUT2D eigenvalue weighted by molar-refractivity contribution is 7.98. The van der Waals surface area contributed by atoms with Gasteiger partial charge in [-0.2, -0.15) is 0 Å². The first kappa shape index (κ1) is 14.9. The number of carbonyl (C=O) groups excluding carboxylic acids is 1. The third-order valence-electron chi connectivity index (χ3n) is 3.35. The molecule has 1 aromatic heterocycles. The summed E-state index contributed by atoms with van der Waals surface area (Å²) >= 11 is 1.49. The average Bonchev–Trinajstić information content (AvgIpc) is 3.00. The first-order chi connectivity index (χ1) is 9.63. The molecule has 2 rings (SSSR count). The monoisotopic (exact) mass is 295 g/mol. The van der Waals surface area contributed by atoms with Crippen molar-refractivity contribution in [3.05, 3.63) is 6.07 Å². The predicted octanol–water partition coefficient (Wildman–Crippen LogP) is 1.30. The number of nitrogens with zero attached hydrogens (tertiary/aromatic N) is 4. The third-order valence-corrected chi connectivity index (χ3v) is 3.90. The number of thioether (sulfide) groups is 1. The van der Waals surface area contributed by atoms with E-state index in [9.17, 15) is 4.79 Å². The Morgan fingerprint density at radius 2 is 2.15 bits per heavy atom. The summed E-state index contributed by atoms with van der Waals surface area (Å²) in [5, 5.41) is 3.72. The zero-order chi connectivity index (χ0) is 14.5. The fourth-order valence-electron chi connectivity index (χ4n) is 2.18. The molecule has 6 nitrogen and oxygen atoms in total. The number of anilines is 2. The van der Waals surface area contributed by atoms with Gasteiger partial charge in [0.2, 0.25) is 5.91 Å². The lowest BCUT2D eigenvalue weighted by Gasteiger charge is -2.22. The van der Waals surface area contributed by atoms with Crippen LogP contribution >= 0.6 is 11.8 Å². The molecule has 7 heteroatoms. The molecule has 1 saturated heterocycles. The molecule has 0 radical (unpaired) electrons. The Hall–Kier alpha value is -1.50. The van der Waals surface area contributed by atoms with E-state index in [1.807, 2.05) is 36.2 Å². The molecule has 1 aliphatic heterocycles. The van der Waals surface area contributed by atoms with Crippen LogP contribution in [-0.2, 0) is 4.79 Å². The minimum absolute atomic E-state index is 0.167. The van der Waals surface area contributed by atoms with E-state index in [4.69, 9.17) is 0 Å². The van der Waals surface area contributed by atoms with Crippen molar-refractivity contribution >= 4 is 29.3 Å². The second-order valence-electron chi connectivity index (χ2n) is 4.79. The topological polar surface area (TPSA) is 61.4 Å². The van der Waals surface area contributed by atoms with E-state index in [1.165, 1.54) is 11.8 Å². The van der Waals surface area contributed by atoms with Gasteiger partial charge in [-0.05, 0) is 19.1 Å². The first-order valence-electron chi connectivity index (χ1n) is 6.73. The van der Waals surface area contributed by atoms with Crippen molar-refractivity contribution in [3.63, 3.8) is 0 Å². The summed E-state index contributed by atoms with van der Waals surface area (Å²) in [6.45, 7) is 2.12. The van der Waals surface area contributed by atoms with Crippen LogP contribution in [0.15, 0.2) is 11.2 Å². The normalized spacial score (nSPS) is 14.4. The quantitative estimate of drug-likeness (QED) is 0.652. The number of carbonyl (C=O) groups is 1. The number of hydrogen-bond acceptors (Lipinski definition) is 6. The summed E-state index contributed by atoms with van der Waals surface area (Å²) < 4.78 is 0. The zero-order valence-electron chi connectivity index (χ0n) is 12.2. The lowest BCUT2D eigenvalue weighted by atomic mass is 10.4. The molecule has 2 heterocycles. The van der Waals surface area contributed by atoms with Crippen LogP contribution in [0.5, 0.6) is 0 Å². The second-order valence-corrected chi connectivity index (χ2v) is 5.57. The first-order valence-corrected chi connectivity index (χ1v) is 7.96. The average molecular weight is 295 g/mol. The van der Waals surface area contributed by atoms with Crippen LogP contribution < -0.4 is 10.2 Å². The molecule has 110 valence electrons. The lowest BCUT2D eigenvalue weighted by molar-refractivity contribution is -0.128. The Morgan fingerprint density at radius 1 is 1.45 bits per heavy atom. The van der Waals surface area contributed by atoms with Gasteiger partial charge in [-0.3, -0.25) is 4.79 Å². The minimum atomic E-state index is 0.167. The highest BCUT2D eigenvalue weighted by Gasteiger charge is 2.20. The van der Waals surface area contributed by atoms with Crippen molar-refractivity contribution in [2.24, 2.45) is 0 Å². The van der Waals surface area contributed by atoms with Crippen molar-refractivity contribution in [1.29, 1.82) is 0 Å². The van der Waals surface area contributed by atoms with Gasteiger partial charge in [0, 0.05) is 33.3 Å². The Kier molecular flexibility index (Phi) is 5.05. The van der Waals surface area contributed by atoms with E-state index in [0.717, 1.165) is 37.6 Å². The molecular formula is C13H21N5OS. The summed E-state index contributed by atoms with van der Waals surface area (Å²) in [5.74, 6) is 1.70. The van der Waals surface area contributed by atoms with Crippen LogP contribution in [0.2, 0.25) is 0 Å². The second kappa shape index (κ2) is 6.78. The van der Waals surface area contributed by atoms with E-state index in [1.54, 1.807) is 0 Å². The number of aromatic nitrogens is 2. The van der Waals surface area contributed by atoms with Crippen molar-refractivity contribution in [3.8, 4) is 0 Å². The van der Waals surface area contributed by atoms with Crippen LogP contribution in [0.3, 0.4) is 0 Å². The van der Waals surface area contributed by atoms with Crippen LogP contribution in [0, 0.1) is 0 Å². The molecule has 20 heavy (non-hydrogen) atoms. The smallest absolute Gasteiger partial charge is 0.242 e. The minimum Gasteiger partial charge on any atom is -0.373 e. The van der Waals surface area contributed by atoms with E-state index in [-0.39, 0.29) is 5.91 Å². The van der Waals surface area contributed by atoms with Gasteiger partial charge >= 0.3 is 0 Å². The van der Waals surface area contributed by atoms with Crippen molar-refractivity contribution in [2.75, 3.05) is 50.2 Å². The molecule has 0 atom stereocenters. The molecule has 0 unspecified atom stereocenters. The summed E-state index contributed by atoms with van der Waals surface area (Å²) in [7, 11) is 3.71. The number of hydrogen-bond donors (Lipinski definition) is 1. The molecular weight excluding hydrogens is 274 g/mol. The lowest BCUT2D eigenvalue weighted by Crippen LogP contribution is -2.37. The molecule has 1 amide bonds. The molecule has 0 spiro atoms. The van der Waals surface area contributed by atoms with E-state index in [0.29, 0.717) is 11.7 Å².